The van der Waals surface area contributed by atoms with Gasteiger partial charge in [-0.15, -0.1) is 0 Å². The van der Waals surface area contributed by atoms with Gasteiger partial charge in [-0.25, -0.2) is 4.68 Å². The lowest BCUT2D eigenvalue weighted by molar-refractivity contribution is -0.384. The van der Waals surface area contributed by atoms with Crippen molar-refractivity contribution in [2.24, 2.45) is 0 Å². The molecule has 0 bridgehead atoms. The van der Waals surface area contributed by atoms with Crippen molar-refractivity contribution in [1.29, 1.82) is 0 Å². The van der Waals surface area contributed by atoms with Crippen LogP contribution in [0.1, 0.15) is 17.0 Å². The van der Waals surface area contributed by atoms with E-state index >= 15 is 0 Å². The van der Waals surface area contributed by atoms with Crippen LogP contribution in [0.2, 0.25) is 5.02 Å². The number of carbonyl (C=O) groups excluding carboxylic acids is 1. The van der Waals surface area contributed by atoms with Crippen molar-refractivity contribution in [3.05, 3.63) is 86.7 Å². The predicted molar refractivity (Wildman–Crippen MR) is 129 cm³/mol. The van der Waals surface area contributed by atoms with E-state index in [4.69, 9.17) is 11.6 Å². The minimum atomic E-state index is -0.390. The molecule has 0 atom stereocenters. The molecular formula is C24H24ClN5O3. The summed E-state index contributed by atoms with van der Waals surface area (Å²) in [6.07, 6.45) is 3.35. The van der Waals surface area contributed by atoms with Gasteiger partial charge in [0.25, 0.3) is 5.69 Å². The number of rotatable bonds is 5. The smallest absolute Gasteiger partial charge is 0.295 e. The van der Waals surface area contributed by atoms with Gasteiger partial charge in [-0.2, -0.15) is 5.10 Å². The van der Waals surface area contributed by atoms with Gasteiger partial charge in [0.15, 0.2) is 0 Å². The van der Waals surface area contributed by atoms with Crippen molar-refractivity contribution in [1.82, 2.24) is 14.7 Å². The Morgan fingerprint density at radius 3 is 2.36 bits per heavy atom. The Hall–Kier alpha value is -3.65. The third kappa shape index (κ3) is 5.06. The van der Waals surface area contributed by atoms with E-state index in [1.54, 1.807) is 46.0 Å². The standard InChI is InChI=1S/C24H24ClN5O3/c1-17-15-18(2)29(26-17)23-16-21(8-9-22(23)30(32)33)27-11-13-28(14-12-27)24(31)10-5-19-3-6-20(25)7-4-19/h3-10,15-16H,11-14H2,1-2H3/b10-5+. The maximum Gasteiger partial charge on any atom is 0.295 e. The fraction of sp³-hybridized carbons (Fsp3) is 0.250. The molecule has 3 aromatic rings. The van der Waals surface area contributed by atoms with Crippen LogP contribution < -0.4 is 4.90 Å². The molecule has 1 aliphatic heterocycles. The van der Waals surface area contributed by atoms with Crippen LogP contribution in [0.15, 0.2) is 54.6 Å². The molecule has 1 amide bonds. The van der Waals surface area contributed by atoms with Crippen LogP contribution in [0.5, 0.6) is 0 Å². The molecule has 0 aliphatic carbocycles. The fourth-order valence-corrected chi connectivity index (χ4v) is 4.06. The number of nitro groups is 1. The highest BCUT2D eigenvalue weighted by atomic mass is 35.5. The number of amides is 1. The lowest BCUT2D eigenvalue weighted by Crippen LogP contribution is -2.48. The second-order valence-corrected chi connectivity index (χ2v) is 8.40. The molecule has 0 unspecified atom stereocenters. The molecule has 1 saturated heterocycles. The highest BCUT2D eigenvalue weighted by Gasteiger charge is 2.23. The van der Waals surface area contributed by atoms with Gasteiger partial charge < -0.3 is 9.80 Å². The van der Waals surface area contributed by atoms with Gasteiger partial charge in [0.1, 0.15) is 5.69 Å². The number of aromatic nitrogens is 2. The first-order valence-electron chi connectivity index (χ1n) is 10.6. The second kappa shape index (κ2) is 9.46. The van der Waals surface area contributed by atoms with Crippen LogP contribution in [0.3, 0.4) is 0 Å². The first kappa shape index (κ1) is 22.5. The van der Waals surface area contributed by atoms with Gasteiger partial charge in [0, 0.05) is 54.7 Å². The minimum absolute atomic E-state index is 0.00565. The van der Waals surface area contributed by atoms with Crippen LogP contribution in [0.4, 0.5) is 11.4 Å². The number of piperazine rings is 1. The predicted octanol–water partition coefficient (Wildman–Crippen LogP) is 4.41. The monoisotopic (exact) mass is 465 g/mol. The largest absolute Gasteiger partial charge is 0.368 e. The Morgan fingerprint density at radius 1 is 1.06 bits per heavy atom. The van der Waals surface area contributed by atoms with Crippen LogP contribution in [0.25, 0.3) is 11.8 Å². The number of hydrogen-bond donors (Lipinski definition) is 0. The molecule has 33 heavy (non-hydrogen) atoms. The number of anilines is 1. The summed E-state index contributed by atoms with van der Waals surface area (Å²) in [5.41, 5.74) is 3.85. The second-order valence-electron chi connectivity index (χ2n) is 7.97. The van der Waals surface area contributed by atoms with Crippen molar-refractivity contribution < 1.29 is 9.72 Å². The van der Waals surface area contributed by atoms with Crippen molar-refractivity contribution >= 4 is 35.0 Å². The molecule has 9 heteroatoms. The van der Waals surface area contributed by atoms with Gasteiger partial charge in [0.05, 0.1) is 10.6 Å². The highest BCUT2D eigenvalue weighted by Crippen LogP contribution is 2.29. The molecule has 1 fully saturated rings. The SMILES string of the molecule is Cc1cc(C)n(-c2cc(N3CCN(C(=O)/C=C/c4ccc(Cl)cc4)CC3)ccc2[N+](=O)[O-])n1. The van der Waals surface area contributed by atoms with Crippen molar-refractivity contribution in [3.8, 4) is 5.69 Å². The normalized spacial score (nSPS) is 14.2. The van der Waals surface area contributed by atoms with Crippen LogP contribution in [-0.2, 0) is 4.79 Å². The van der Waals surface area contributed by atoms with E-state index in [0.717, 1.165) is 22.6 Å². The number of nitro benzene ring substituents is 1. The summed E-state index contributed by atoms with van der Waals surface area (Å²) in [5, 5.41) is 16.7. The van der Waals surface area contributed by atoms with Gasteiger partial charge >= 0.3 is 0 Å². The minimum Gasteiger partial charge on any atom is -0.368 e. The number of benzene rings is 2. The maximum absolute atomic E-state index is 12.6. The average Bonchev–Trinajstić information content (AvgIpc) is 3.15. The van der Waals surface area contributed by atoms with Gasteiger partial charge in [-0.1, -0.05) is 23.7 Å². The zero-order chi connectivity index (χ0) is 23.5. The summed E-state index contributed by atoms with van der Waals surface area (Å²) in [6.45, 7) is 6.13. The van der Waals surface area contributed by atoms with Gasteiger partial charge in [0.2, 0.25) is 5.91 Å². The van der Waals surface area contributed by atoms with Crippen LogP contribution >= 0.6 is 11.6 Å². The van der Waals surface area contributed by atoms with E-state index in [9.17, 15) is 14.9 Å². The topological polar surface area (TPSA) is 84.5 Å². The molecule has 0 radical (unpaired) electrons. The molecule has 0 saturated carbocycles. The number of hydrogen-bond acceptors (Lipinski definition) is 5. The average molecular weight is 466 g/mol. The summed E-state index contributed by atoms with van der Waals surface area (Å²) in [5.74, 6) is -0.0448. The van der Waals surface area contributed by atoms with Crippen LogP contribution in [-0.4, -0.2) is 51.7 Å². The van der Waals surface area contributed by atoms with Crippen molar-refractivity contribution in [2.45, 2.75) is 13.8 Å². The number of nitrogens with zero attached hydrogens (tertiary/aromatic N) is 5. The maximum atomic E-state index is 12.6. The molecule has 8 nitrogen and oxygen atoms in total. The zero-order valence-corrected chi connectivity index (χ0v) is 19.2. The molecule has 0 spiro atoms. The molecule has 2 aromatic carbocycles. The Labute approximate surface area is 196 Å². The first-order valence-corrected chi connectivity index (χ1v) is 11.0. The van der Waals surface area contributed by atoms with E-state index in [1.807, 2.05) is 32.0 Å². The van der Waals surface area contributed by atoms with E-state index in [-0.39, 0.29) is 16.5 Å². The van der Waals surface area contributed by atoms with Crippen molar-refractivity contribution in [2.75, 3.05) is 31.1 Å². The molecule has 0 N–H and O–H groups in total. The number of carbonyl (C=O) groups is 1. The van der Waals surface area contributed by atoms with Gasteiger partial charge in [-0.3, -0.25) is 14.9 Å². The van der Waals surface area contributed by atoms with Gasteiger partial charge in [-0.05, 0) is 55.8 Å². The van der Waals surface area contributed by atoms with Crippen LogP contribution in [0, 0.1) is 24.0 Å². The molecule has 1 aliphatic rings. The summed E-state index contributed by atoms with van der Waals surface area (Å²) in [6, 6.07) is 14.3. The molecule has 170 valence electrons. The quantitative estimate of drug-likeness (QED) is 0.316. The Morgan fingerprint density at radius 2 is 1.76 bits per heavy atom. The third-order valence-corrected chi connectivity index (χ3v) is 5.89. The zero-order valence-electron chi connectivity index (χ0n) is 18.4. The van der Waals surface area contributed by atoms with E-state index in [0.29, 0.717) is 36.9 Å². The number of halogens is 1. The molecule has 2 heterocycles. The van der Waals surface area contributed by atoms with E-state index in [2.05, 4.69) is 10.00 Å². The summed E-state index contributed by atoms with van der Waals surface area (Å²) < 4.78 is 1.61. The van der Waals surface area contributed by atoms with E-state index < -0.39 is 0 Å². The summed E-state index contributed by atoms with van der Waals surface area (Å²) in [4.78, 5) is 27.7. The summed E-state index contributed by atoms with van der Waals surface area (Å²) >= 11 is 5.90. The van der Waals surface area contributed by atoms with E-state index in [1.165, 1.54) is 6.07 Å². The first-order chi connectivity index (χ1) is 15.8. The fourth-order valence-electron chi connectivity index (χ4n) is 3.94. The highest BCUT2D eigenvalue weighted by molar-refractivity contribution is 6.30. The Balaban J connectivity index is 1.46. The molecule has 4 rings (SSSR count). The Kier molecular flexibility index (Phi) is 6.46. The lowest BCUT2D eigenvalue weighted by atomic mass is 10.2. The Bertz CT molecular complexity index is 1210. The lowest BCUT2D eigenvalue weighted by Gasteiger charge is -2.35. The molecular weight excluding hydrogens is 442 g/mol. The van der Waals surface area contributed by atoms with Crippen molar-refractivity contribution in [3.63, 3.8) is 0 Å². The molecule has 1 aromatic heterocycles. The number of aryl methyl sites for hydroxylation is 2. The third-order valence-electron chi connectivity index (χ3n) is 5.64. The summed E-state index contributed by atoms with van der Waals surface area (Å²) in [7, 11) is 0.